The van der Waals surface area contributed by atoms with Gasteiger partial charge in [0.15, 0.2) is 6.61 Å². The number of rotatable bonds is 4. The van der Waals surface area contributed by atoms with E-state index in [2.05, 4.69) is 10.7 Å². The molecule has 1 aromatic carbocycles. The highest BCUT2D eigenvalue weighted by Gasteiger charge is 2.52. The van der Waals surface area contributed by atoms with Gasteiger partial charge in [-0.3, -0.25) is 15.0 Å². The summed E-state index contributed by atoms with van der Waals surface area (Å²) in [6.45, 7) is -0.437. The zero-order valence-corrected chi connectivity index (χ0v) is 13.0. The first-order valence-corrected chi connectivity index (χ1v) is 7.85. The van der Waals surface area contributed by atoms with E-state index in [4.69, 9.17) is 4.74 Å². The average Bonchev–Trinajstić information content (AvgIpc) is 2.78. The minimum absolute atomic E-state index is 0.186. The normalized spacial score (nSPS) is 19.3. The molecule has 0 radical (unpaired) electrons. The molecule has 128 valence electrons. The Bertz CT molecular complexity index is 673. The zero-order valence-electron chi connectivity index (χ0n) is 13.0. The van der Waals surface area contributed by atoms with Crippen molar-refractivity contribution in [2.45, 2.75) is 37.6 Å². The zero-order chi connectivity index (χ0) is 17.2. The van der Waals surface area contributed by atoms with E-state index in [1.807, 2.05) is 0 Å². The molecular weight excluding hydrogens is 317 g/mol. The van der Waals surface area contributed by atoms with Crippen LogP contribution in [0, 0.1) is 5.82 Å². The summed E-state index contributed by atoms with van der Waals surface area (Å²) in [7, 11) is 0. The van der Waals surface area contributed by atoms with Gasteiger partial charge in [0, 0.05) is 6.07 Å². The van der Waals surface area contributed by atoms with Crippen LogP contribution in [-0.2, 0) is 9.59 Å². The van der Waals surface area contributed by atoms with Crippen LogP contribution in [-0.4, -0.2) is 35.0 Å². The lowest BCUT2D eigenvalue weighted by Gasteiger charge is -2.30. The second-order valence-corrected chi connectivity index (χ2v) is 5.99. The second kappa shape index (κ2) is 6.46. The van der Waals surface area contributed by atoms with Gasteiger partial charge in [-0.25, -0.2) is 9.18 Å². The first kappa shape index (κ1) is 16.2. The number of urea groups is 1. The summed E-state index contributed by atoms with van der Waals surface area (Å²) in [5.41, 5.74) is 1.35. The minimum atomic E-state index is -0.897. The van der Waals surface area contributed by atoms with Crippen molar-refractivity contribution in [2.75, 3.05) is 6.61 Å². The van der Waals surface area contributed by atoms with Crippen molar-refractivity contribution < 1.29 is 23.5 Å². The van der Waals surface area contributed by atoms with Crippen molar-refractivity contribution in [3.05, 3.63) is 30.1 Å². The third-order valence-corrected chi connectivity index (χ3v) is 4.27. The maximum Gasteiger partial charge on any atom is 0.344 e. The number of amides is 4. The number of nitrogens with one attached hydrogen (secondary N) is 2. The standard InChI is InChI=1S/C16H18FN3O4/c17-11-5-4-6-12(9-11)24-10-13(21)19-20-14(22)16(18-15(20)23)7-2-1-3-8-16/h4-6,9H,1-3,7-8,10H2,(H,18,23)(H,19,21). The summed E-state index contributed by atoms with van der Waals surface area (Å²) in [6.07, 6.45) is 3.89. The van der Waals surface area contributed by atoms with Crippen molar-refractivity contribution in [3.63, 3.8) is 0 Å². The molecule has 24 heavy (non-hydrogen) atoms. The molecule has 0 aromatic heterocycles. The summed E-state index contributed by atoms with van der Waals surface area (Å²) in [5, 5.41) is 3.40. The first-order chi connectivity index (χ1) is 11.5. The van der Waals surface area contributed by atoms with Crippen molar-refractivity contribution in [2.24, 2.45) is 0 Å². The molecule has 0 bridgehead atoms. The van der Waals surface area contributed by atoms with Gasteiger partial charge in [0.05, 0.1) is 0 Å². The van der Waals surface area contributed by atoms with Gasteiger partial charge in [-0.05, 0) is 25.0 Å². The molecule has 1 aliphatic carbocycles. The van der Waals surface area contributed by atoms with Gasteiger partial charge in [-0.1, -0.05) is 25.3 Å². The van der Waals surface area contributed by atoms with E-state index in [0.717, 1.165) is 25.3 Å². The molecule has 7 nitrogen and oxygen atoms in total. The number of hydrazine groups is 1. The third kappa shape index (κ3) is 3.17. The van der Waals surface area contributed by atoms with E-state index >= 15 is 0 Å². The number of ether oxygens (including phenoxy) is 1. The molecule has 0 unspecified atom stereocenters. The van der Waals surface area contributed by atoms with Crippen LogP contribution in [0.15, 0.2) is 24.3 Å². The Morgan fingerprint density at radius 3 is 2.75 bits per heavy atom. The Kier molecular flexibility index (Phi) is 4.37. The molecule has 0 atom stereocenters. The van der Waals surface area contributed by atoms with Crippen molar-refractivity contribution in [1.29, 1.82) is 0 Å². The molecule has 1 heterocycles. The quantitative estimate of drug-likeness (QED) is 0.816. The van der Waals surface area contributed by atoms with Gasteiger partial charge >= 0.3 is 6.03 Å². The third-order valence-electron chi connectivity index (χ3n) is 4.27. The number of hydrogen-bond acceptors (Lipinski definition) is 4. The Hall–Kier alpha value is -2.64. The van der Waals surface area contributed by atoms with E-state index in [0.29, 0.717) is 17.9 Å². The number of halogens is 1. The molecule has 1 aromatic rings. The monoisotopic (exact) mass is 335 g/mol. The fraction of sp³-hybridized carbons (Fsp3) is 0.438. The molecule has 1 saturated carbocycles. The van der Waals surface area contributed by atoms with Crippen LogP contribution < -0.4 is 15.5 Å². The molecule has 1 aliphatic heterocycles. The predicted molar refractivity (Wildman–Crippen MR) is 81.2 cm³/mol. The van der Waals surface area contributed by atoms with E-state index in [1.54, 1.807) is 0 Å². The van der Waals surface area contributed by atoms with E-state index < -0.39 is 35.8 Å². The van der Waals surface area contributed by atoms with Gasteiger partial charge in [0.1, 0.15) is 17.1 Å². The smallest absolute Gasteiger partial charge is 0.344 e. The molecule has 1 spiro atoms. The van der Waals surface area contributed by atoms with Gasteiger partial charge < -0.3 is 10.1 Å². The molecule has 1 saturated heterocycles. The Balaban J connectivity index is 1.58. The maximum atomic E-state index is 13.0. The second-order valence-electron chi connectivity index (χ2n) is 5.99. The number of nitrogens with zero attached hydrogens (tertiary/aromatic N) is 1. The van der Waals surface area contributed by atoms with Crippen LogP contribution in [0.5, 0.6) is 5.75 Å². The molecule has 2 aliphatic rings. The van der Waals surface area contributed by atoms with Gasteiger partial charge in [-0.2, -0.15) is 5.01 Å². The Labute approximate surface area is 138 Å². The SMILES string of the molecule is O=C(COc1cccc(F)c1)NN1C(=O)NC2(CCCCC2)C1=O. The minimum Gasteiger partial charge on any atom is -0.484 e. The summed E-state index contributed by atoms with van der Waals surface area (Å²) in [5.74, 6) is -1.41. The summed E-state index contributed by atoms with van der Waals surface area (Å²) in [4.78, 5) is 36.4. The summed E-state index contributed by atoms with van der Waals surface area (Å²) >= 11 is 0. The summed E-state index contributed by atoms with van der Waals surface area (Å²) < 4.78 is 18.2. The Morgan fingerprint density at radius 1 is 1.29 bits per heavy atom. The van der Waals surface area contributed by atoms with Crippen LogP contribution in [0.2, 0.25) is 0 Å². The molecule has 2 fully saturated rings. The lowest BCUT2D eigenvalue weighted by molar-refractivity contribution is -0.140. The van der Waals surface area contributed by atoms with E-state index in [9.17, 15) is 18.8 Å². The highest BCUT2D eigenvalue weighted by Crippen LogP contribution is 2.32. The van der Waals surface area contributed by atoms with Crippen molar-refractivity contribution in [3.8, 4) is 5.75 Å². The predicted octanol–water partition coefficient (Wildman–Crippen LogP) is 1.49. The molecular formula is C16H18FN3O4. The number of hydrogen-bond donors (Lipinski definition) is 2. The highest BCUT2D eigenvalue weighted by atomic mass is 19.1. The maximum absolute atomic E-state index is 13.0. The molecule has 8 heteroatoms. The fourth-order valence-electron chi connectivity index (χ4n) is 3.08. The van der Waals surface area contributed by atoms with Crippen molar-refractivity contribution >= 4 is 17.8 Å². The highest BCUT2D eigenvalue weighted by molar-refractivity contribution is 6.08. The largest absolute Gasteiger partial charge is 0.484 e. The van der Waals surface area contributed by atoms with Gasteiger partial charge in [0.2, 0.25) is 0 Å². The summed E-state index contributed by atoms with van der Waals surface area (Å²) in [6, 6.07) is 4.71. The van der Waals surface area contributed by atoms with Crippen LogP contribution in [0.25, 0.3) is 0 Å². The number of imide groups is 1. The molecule has 4 amide bonds. The number of benzene rings is 1. The van der Waals surface area contributed by atoms with Gasteiger partial charge in [0.25, 0.3) is 11.8 Å². The fourth-order valence-corrected chi connectivity index (χ4v) is 3.08. The van der Waals surface area contributed by atoms with Gasteiger partial charge in [-0.15, -0.1) is 0 Å². The first-order valence-electron chi connectivity index (χ1n) is 7.85. The van der Waals surface area contributed by atoms with Crippen LogP contribution in [0.1, 0.15) is 32.1 Å². The molecule has 3 rings (SSSR count). The van der Waals surface area contributed by atoms with Crippen LogP contribution in [0.4, 0.5) is 9.18 Å². The molecule has 2 N–H and O–H groups in total. The lowest BCUT2D eigenvalue weighted by atomic mass is 9.82. The topological polar surface area (TPSA) is 87.7 Å². The number of carbonyl (C=O) groups excluding carboxylic acids is 3. The Morgan fingerprint density at radius 2 is 2.04 bits per heavy atom. The average molecular weight is 335 g/mol. The van der Waals surface area contributed by atoms with Crippen molar-refractivity contribution in [1.82, 2.24) is 15.8 Å². The van der Waals surface area contributed by atoms with E-state index in [-0.39, 0.29) is 5.75 Å². The lowest BCUT2D eigenvalue weighted by Crippen LogP contribution is -2.51. The van der Waals surface area contributed by atoms with Crippen LogP contribution in [0.3, 0.4) is 0 Å². The van der Waals surface area contributed by atoms with E-state index in [1.165, 1.54) is 18.2 Å². The van der Waals surface area contributed by atoms with Crippen LogP contribution >= 0.6 is 0 Å². The number of carbonyl (C=O) groups is 3.